The summed E-state index contributed by atoms with van der Waals surface area (Å²) < 4.78 is 26.4. The molecule has 4 nitrogen and oxygen atoms in total. The molecule has 0 N–H and O–H groups in total. The Morgan fingerprint density at radius 3 is 2.82 bits per heavy atom. The van der Waals surface area contributed by atoms with E-state index in [2.05, 4.69) is 4.98 Å². The lowest BCUT2D eigenvalue weighted by Crippen LogP contribution is -2.28. The van der Waals surface area contributed by atoms with E-state index in [-0.39, 0.29) is 18.3 Å². The predicted molar refractivity (Wildman–Crippen MR) is 82.2 cm³/mol. The molecule has 2 aromatic rings. The molecule has 22 heavy (non-hydrogen) atoms. The second kappa shape index (κ2) is 6.91. The number of benzene rings is 1. The van der Waals surface area contributed by atoms with Crippen LogP contribution in [0.5, 0.6) is 0 Å². The molecular weight excluding hydrogens is 308 g/mol. The second-order valence-corrected chi connectivity index (χ2v) is 5.75. The minimum atomic E-state index is -2.66. The fourth-order valence-corrected chi connectivity index (χ4v) is 2.53. The van der Waals surface area contributed by atoms with Crippen LogP contribution in [0.15, 0.2) is 35.5 Å². The number of aromatic nitrogens is 2. The number of imidazole rings is 1. The largest absolute Gasteiger partial charge is 0.334 e. The SMILES string of the molecule is CSc1ccc(C)c(C(=O)N(C)Cc2nccn2C(F)F)c1. The van der Waals surface area contributed by atoms with Gasteiger partial charge in [0.05, 0.1) is 6.54 Å². The van der Waals surface area contributed by atoms with E-state index >= 15 is 0 Å². The van der Waals surface area contributed by atoms with Crippen LogP contribution in [0.2, 0.25) is 0 Å². The fraction of sp³-hybridized carbons (Fsp3) is 0.333. The number of halogens is 2. The number of hydrogen-bond acceptors (Lipinski definition) is 3. The third-order valence-corrected chi connectivity index (χ3v) is 4.08. The zero-order valence-corrected chi connectivity index (χ0v) is 13.4. The summed E-state index contributed by atoms with van der Waals surface area (Å²) in [7, 11) is 1.58. The van der Waals surface area contributed by atoms with Gasteiger partial charge in [0.15, 0.2) is 0 Å². The van der Waals surface area contributed by atoms with E-state index in [0.717, 1.165) is 15.0 Å². The summed E-state index contributed by atoms with van der Waals surface area (Å²) in [6.07, 6.45) is 4.44. The van der Waals surface area contributed by atoms with Crippen molar-refractivity contribution in [1.82, 2.24) is 14.5 Å². The van der Waals surface area contributed by atoms with Crippen LogP contribution in [0.3, 0.4) is 0 Å². The predicted octanol–water partition coefficient (Wildman–Crippen LogP) is 3.58. The molecule has 0 bridgehead atoms. The molecule has 2 rings (SSSR count). The lowest BCUT2D eigenvalue weighted by atomic mass is 10.1. The first-order valence-corrected chi connectivity index (χ1v) is 7.86. The lowest BCUT2D eigenvalue weighted by molar-refractivity contribution is 0.0612. The van der Waals surface area contributed by atoms with Crippen LogP contribution in [0.25, 0.3) is 0 Å². The molecule has 0 atom stereocenters. The van der Waals surface area contributed by atoms with Gasteiger partial charge >= 0.3 is 6.55 Å². The van der Waals surface area contributed by atoms with E-state index in [1.165, 1.54) is 17.3 Å². The standard InChI is InChI=1S/C15H17F2N3OS/c1-10-4-5-11(22-3)8-12(10)14(21)19(2)9-13-18-6-7-20(13)15(16)17/h4-8,15H,9H2,1-3H3. The Morgan fingerprint density at radius 2 is 2.18 bits per heavy atom. The van der Waals surface area contributed by atoms with Crippen molar-refractivity contribution in [2.45, 2.75) is 24.9 Å². The van der Waals surface area contributed by atoms with Crippen LogP contribution in [-0.2, 0) is 6.54 Å². The molecule has 1 heterocycles. The molecule has 0 saturated carbocycles. The van der Waals surface area contributed by atoms with Gasteiger partial charge in [0, 0.05) is 29.9 Å². The Hall–Kier alpha value is -1.89. The molecule has 7 heteroatoms. The van der Waals surface area contributed by atoms with Crippen LogP contribution in [0.1, 0.15) is 28.3 Å². The van der Waals surface area contributed by atoms with E-state index in [9.17, 15) is 13.6 Å². The van der Waals surface area contributed by atoms with Crippen molar-refractivity contribution < 1.29 is 13.6 Å². The summed E-state index contributed by atoms with van der Waals surface area (Å²) >= 11 is 1.55. The molecule has 0 fully saturated rings. The number of amides is 1. The third-order valence-electron chi connectivity index (χ3n) is 3.36. The van der Waals surface area contributed by atoms with Crippen LogP contribution in [0, 0.1) is 6.92 Å². The Labute approximate surface area is 132 Å². The number of nitrogens with zero attached hydrogens (tertiary/aromatic N) is 3. The second-order valence-electron chi connectivity index (χ2n) is 4.87. The van der Waals surface area contributed by atoms with Crippen LogP contribution < -0.4 is 0 Å². The molecule has 1 amide bonds. The molecular formula is C15H17F2N3OS. The third kappa shape index (κ3) is 3.47. The van der Waals surface area contributed by atoms with Gasteiger partial charge in [-0.25, -0.2) is 4.98 Å². The highest BCUT2D eigenvalue weighted by atomic mass is 32.2. The van der Waals surface area contributed by atoms with Crippen molar-refractivity contribution in [3.63, 3.8) is 0 Å². The van der Waals surface area contributed by atoms with Gasteiger partial charge in [-0.05, 0) is 30.9 Å². The average Bonchev–Trinajstić information content (AvgIpc) is 2.95. The Balaban J connectivity index is 2.20. The monoisotopic (exact) mass is 325 g/mol. The van der Waals surface area contributed by atoms with Gasteiger partial charge in [0.2, 0.25) is 0 Å². The number of hydrogen-bond donors (Lipinski definition) is 0. The summed E-state index contributed by atoms with van der Waals surface area (Å²) in [5.41, 5.74) is 1.43. The summed E-state index contributed by atoms with van der Waals surface area (Å²) in [5.74, 6) is -0.0539. The van der Waals surface area contributed by atoms with Gasteiger partial charge < -0.3 is 4.90 Å². The van der Waals surface area contributed by atoms with Crippen LogP contribution in [0.4, 0.5) is 8.78 Å². The van der Waals surface area contributed by atoms with Crippen molar-refractivity contribution in [2.24, 2.45) is 0 Å². The van der Waals surface area contributed by atoms with Crippen molar-refractivity contribution in [1.29, 1.82) is 0 Å². The molecule has 0 aliphatic carbocycles. The van der Waals surface area contributed by atoms with Crippen LogP contribution >= 0.6 is 11.8 Å². The van der Waals surface area contributed by atoms with Gasteiger partial charge in [-0.2, -0.15) is 8.78 Å². The molecule has 1 aromatic heterocycles. The van der Waals surface area contributed by atoms with E-state index in [4.69, 9.17) is 0 Å². The maximum absolute atomic E-state index is 12.8. The number of aryl methyl sites for hydroxylation is 1. The average molecular weight is 325 g/mol. The highest BCUT2D eigenvalue weighted by Crippen LogP contribution is 2.21. The zero-order chi connectivity index (χ0) is 16.3. The summed E-state index contributed by atoms with van der Waals surface area (Å²) in [6.45, 7) is -0.785. The number of carbonyl (C=O) groups excluding carboxylic acids is 1. The van der Waals surface area contributed by atoms with E-state index in [0.29, 0.717) is 5.56 Å². The highest BCUT2D eigenvalue weighted by Gasteiger charge is 2.18. The molecule has 0 aliphatic heterocycles. The molecule has 118 valence electrons. The molecule has 1 aromatic carbocycles. The fourth-order valence-electron chi connectivity index (χ4n) is 2.09. The number of rotatable bonds is 5. The molecule has 0 radical (unpaired) electrons. The summed E-state index contributed by atoms with van der Waals surface area (Å²) in [6, 6.07) is 5.64. The minimum Gasteiger partial charge on any atom is -0.334 e. The van der Waals surface area contributed by atoms with Gasteiger partial charge in [0.1, 0.15) is 5.82 Å². The quantitative estimate of drug-likeness (QED) is 0.789. The topological polar surface area (TPSA) is 38.1 Å². The van der Waals surface area contributed by atoms with Gasteiger partial charge in [-0.15, -0.1) is 11.8 Å². The Bertz CT molecular complexity index is 673. The summed E-state index contributed by atoms with van der Waals surface area (Å²) in [4.78, 5) is 18.8. The smallest absolute Gasteiger partial charge is 0.319 e. The first-order chi connectivity index (χ1) is 10.4. The van der Waals surface area contributed by atoms with Crippen molar-refractivity contribution in [3.8, 4) is 0 Å². The van der Waals surface area contributed by atoms with Crippen molar-refractivity contribution in [2.75, 3.05) is 13.3 Å². The maximum atomic E-state index is 12.8. The van der Waals surface area contributed by atoms with Crippen molar-refractivity contribution >= 4 is 17.7 Å². The number of alkyl halides is 2. The van der Waals surface area contributed by atoms with E-state index < -0.39 is 6.55 Å². The van der Waals surface area contributed by atoms with Gasteiger partial charge in [-0.3, -0.25) is 9.36 Å². The van der Waals surface area contributed by atoms with Gasteiger partial charge in [0.25, 0.3) is 5.91 Å². The molecule has 0 saturated heterocycles. The first-order valence-electron chi connectivity index (χ1n) is 6.64. The maximum Gasteiger partial charge on any atom is 0.319 e. The number of carbonyl (C=O) groups is 1. The zero-order valence-electron chi connectivity index (χ0n) is 12.6. The van der Waals surface area contributed by atoms with Gasteiger partial charge in [-0.1, -0.05) is 6.07 Å². The van der Waals surface area contributed by atoms with E-state index in [1.807, 2.05) is 31.4 Å². The molecule has 0 unspecified atom stereocenters. The number of thioether (sulfide) groups is 1. The van der Waals surface area contributed by atoms with Crippen LogP contribution in [-0.4, -0.2) is 33.7 Å². The van der Waals surface area contributed by atoms with E-state index in [1.54, 1.807) is 18.8 Å². The summed E-state index contributed by atoms with van der Waals surface area (Å²) in [5, 5.41) is 0. The molecule has 0 spiro atoms. The van der Waals surface area contributed by atoms with Crippen molar-refractivity contribution in [3.05, 3.63) is 47.5 Å². The first kappa shape index (κ1) is 16.5. The normalized spacial score (nSPS) is 11.0. The Kier molecular flexibility index (Phi) is 5.18. The lowest BCUT2D eigenvalue weighted by Gasteiger charge is -2.19. The molecule has 0 aliphatic rings. The minimum absolute atomic E-state index is 0.0269. The highest BCUT2D eigenvalue weighted by molar-refractivity contribution is 7.98. The Morgan fingerprint density at radius 1 is 1.45 bits per heavy atom.